The van der Waals surface area contributed by atoms with Crippen LogP contribution in [0, 0.1) is 0 Å². The number of hydrogen-bond donors (Lipinski definition) is 0. The van der Waals surface area contributed by atoms with Gasteiger partial charge in [0.25, 0.3) is 0 Å². The standard InChI is InChI=1S/C8H15NOS/c1-10-9-7-5-3-4-6-8(7)11-2/h8H,3-6H2,1-2H3/b9-7+. The van der Waals surface area contributed by atoms with Crippen LogP contribution in [-0.4, -0.2) is 24.3 Å². The van der Waals surface area contributed by atoms with Crippen molar-refractivity contribution in [3.05, 3.63) is 0 Å². The lowest BCUT2D eigenvalue weighted by Crippen LogP contribution is -2.21. The maximum Gasteiger partial charge on any atom is 0.106 e. The first kappa shape index (κ1) is 8.91. The molecule has 0 aromatic heterocycles. The van der Waals surface area contributed by atoms with Crippen LogP contribution in [0.5, 0.6) is 0 Å². The first-order valence-electron chi connectivity index (χ1n) is 4.01. The summed E-state index contributed by atoms with van der Waals surface area (Å²) in [6.45, 7) is 0. The highest BCUT2D eigenvalue weighted by Gasteiger charge is 2.19. The Hall–Kier alpha value is -0.180. The molecule has 1 aliphatic rings. The molecule has 0 amide bonds. The zero-order chi connectivity index (χ0) is 8.10. The molecule has 64 valence electrons. The van der Waals surface area contributed by atoms with Gasteiger partial charge < -0.3 is 4.84 Å². The Morgan fingerprint density at radius 3 is 3.00 bits per heavy atom. The zero-order valence-corrected chi connectivity index (χ0v) is 7.99. The molecule has 1 fully saturated rings. The van der Waals surface area contributed by atoms with Crippen LogP contribution in [0.1, 0.15) is 25.7 Å². The molecule has 1 aliphatic carbocycles. The highest BCUT2D eigenvalue weighted by molar-refractivity contribution is 7.99. The van der Waals surface area contributed by atoms with E-state index in [9.17, 15) is 0 Å². The Balaban J connectivity index is 2.51. The zero-order valence-electron chi connectivity index (χ0n) is 7.17. The quantitative estimate of drug-likeness (QED) is 0.598. The van der Waals surface area contributed by atoms with Crippen LogP contribution in [0.25, 0.3) is 0 Å². The fourth-order valence-corrected chi connectivity index (χ4v) is 2.27. The molecule has 1 rings (SSSR count). The van der Waals surface area contributed by atoms with Crippen LogP contribution < -0.4 is 0 Å². The minimum absolute atomic E-state index is 0.615. The van der Waals surface area contributed by atoms with E-state index in [0.717, 1.165) is 6.42 Å². The van der Waals surface area contributed by atoms with Gasteiger partial charge in [-0.1, -0.05) is 11.6 Å². The third kappa shape index (κ3) is 2.40. The molecule has 2 nitrogen and oxygen atoms in total. The minimum Gasteiger partial charge on any atom is -0.399 e. The first-order chi connectivity index (χ1) is 5.38. The van der Waals surface area contributed by atoms with Crippen molar-refractivity contribution in [3.8, 4) is 0 Å². The van der Waals surface area contributed by atoms with Crippen molar-refractivity contribution in [1.29, 1.82) is 0 Å². The second kappa shape index (κ2) is 4.65. The summed E-state index contributed by atoms with van der Waals surface area (Å²) in [5.41, 5.74) is 1.24. The maximum absolute atomic E-state index is 4.79. The Kier molecular flexibility index (Phi) is 3.77. The highest BCUT2D eigenvalue weighted by atomic mass is 32.2. The Bertz CT molecular complexity index is 147. The second-order valence-corrected chi connectivity index (χ2v) is 3.78. The van der Waals surface area contributed by atoms with Gasteiger partial charge in [0.05, 0.1) is 5.71 Å². The molecule has 1 saturated carbocycles. The lowest BCUT2D eigenvalue weighted by molar-refractivity contribution is 0.211. The highest BCUT2D eigenvalue weighted by Crippen LogP contribution is 2.24. The average molecular weight is 173 g/mol. The summed E-state index contributed by atoms with van der Waals surface area (Å²) in [7, 11) is 1.62. The Labute approximate surface area is 72.4 Å². The van der Waals surface area contributed by atoms with Crippen LogP contribution in [0.3, 0.4) is 0 Å². The van der Waals surface area contributed by atoms with E-state index in [1.807, 2.05) is 11.8 Å². The number of rotatable bonds is 2. The molecular weight excluding hydrogens is 158 g/mol. The molecular formula is C8H15NOS. The van der Waals surface area contributed by atoms with Crippen molar-refractivity contribution in [2.75, 3.05) is 13.4 Å². The lowest BCUT2D eigenvalue weighted by Gasteiger charge is -2.20. The minimum atomic E-state index is 0.615. The van der Waals surface area contributed by atoms with Crippen LogP contribution in [0.2, 0.25) is 0 Å². The van der Waals surface area contributed by atoms with E-state index in [-0.39, 0.29) is 0 Å². The van der Waals surface area contributed by atoms with Gasteiger partial charge in [-0.3, -0.25) is 0 Å². The molecule has 0 aliphatic heterocycles. The Morgan fingerprint density at radius 2 is 2.36 bits per heavy atom. The van der Waals surface area contributed by atoms with Gasteiger partial charge in [-0.2, -0.15) is 11.8 Å². The third-order valence-corrected chi connectivity index (χ3v) is 3.09. The topological polar surface area (TPSA) is 21.6 Å². The summed E-state index contributed by atoms with van der Waals surface area (Å²) in [6, 6.07) is 0. The van der Waals surface area contributed by atoms with Crippen molar-refractivity contribution in [2.45, 2.75) is 30.9 Å². The molecule has 0 spiro atoms. The smallest absolute Gasteiger partial charge is 0.106 e. The predicted octanol–water partition coefficient (Wildman–Crippen LogP) is 2.29. The Morgan fingerprint density at radius 1 is 1.55 bits per heavy atom. The van der Waals surface area contributed by atoms with Crippen LogP contribution in [0.15, 0.2) is 5.16 Å². The van der Waals surface area contributed by atoms with Crippen molar-refractivity contribution < 1.29 is 4.84 Å². The SMILES string of the molecule is CO/N=C1\CCCCC1SC. The molecule has 0 N–H and O–H groups in total. The largest absolute Gasteiger partial charge is 0.399 e. The van der Waals surface area contributed by atoms with E-state index >= 15 is 0 Å². The van der Waals surface area contributed by atoms with Crippen LogP contribution in [-0.2, 0) is 4.84 Å². The summed E-state index contributed by atoms with van der Waals surface area (Å²) >= 11 is 1.88. The van der Waals surface area contributed by atoms with Gasteiger partial charge in [-0.25, -0.2) is 0 Å². The van der Waals surface area contributed by atoms with Gasteiger partial charge in [0.2, 0.25) is 0 Å². The van der Waals surface area contributed by atoms with Gasteiger partial charge in [-0.05, 0) is 25.5 Å². The van der Waals surface area contributed by atoms with E-state index in [2.05, 4.69) is 11.4 Å². The van der Waals surface area contributed by atoms with Crippen molar-refractivity contribution >= 4 is 17.5 Å². The van der Waals surface area contributed by atoms with Crippen molar-refractivity contribution in [1.82, 2.24) is 0 Å². The van der Waals surface area contributed by atoms with E-state index in [4.69, 9.17) is 4.84 Å². The van der Waals surface area contributed by atoms with Gasteiger partial charge in [0.1, 0.15) is 7.11 Å². The molecule has 0 aromatic rings. The molecule has 0 bridgehead atoms. The molecule has 1 atom stereocenters. The van der Waals surface area contributed by atoms with Gasteiger partial charge in [-0.15, -0.1) is 0 Å². The van der Waals surface area contributed by atoms with Crippen LogP contribution in [0.4, 0.5) is 0 Å². The van der Waals surface area contributed by atoms with Gasteiger partial charge in [0, 0.05) is 5.25 Å². The molecule has 1 unspecified atom stereocenters. The van der Waals surface area contributed by atoms with E-state index in [1.165, 1.54) is 25.0 Å². The van der Waals surface area contributed by atoms with Gasteiger partial charge in [0.15, 0.2) is 0 Å². The van der Waals surface area contributed by atoms with E-state index < -0.39 is 0 Å². The van der Waals surface area contributed by atoms with Crippen molar-refractivity contribution in [2.24, 2.45) is 5.16 Å². The fourth-order valence-electron chi connectivity index (χ4n) is 1.44. The lowest BCUT2D eigenvalue weighted by atomic mass is 9.98. The summed E-state index contributed by atoms with van der Waals surface area (Å²) in [5, 5.41) is 4.65. The molecule has 0 heterocycles. The molecule has 11 heavy (non-hydrogen) atoms. The molecule has 0 radical (unpaired) electrons. The number of hydrogen-bond acceptors (Lipinski definition) is 3. The first-order valence-corrected chi connectivity index (χ1v) is 5.30. The number of oxime groups is 1. The van der Waals surface area contributed by atoms with Crippen molar-refractivity contribution in [3.63, 3.8) is 0 Å². The summed E-state index contributed by atoms with van der Waals surface area (Å²) < 4.78 is 0. The fraction of sp³-hybridized carbons (Fsp3) is 0.875. The maximum atomic E-state index is 4.79. The van der Waals surface area contributed by atoms with E-state index in [0.29, 0.717) is 5.25 Å². The average Bonchev–Trinajstić information content (AvgIpc) is 2.06. The summed E-state index contributed by atoms with van der Waals surface area (Å²) in [5.74, 6) is 0. The van der Waals surface area contributed by atoms with E-state index in [1.54, 1.807) is 7.11 Å². The predicted molar refractivity (Wildman–Crippen MR) is 50.2 cm³/mol. The monoisotopic (exact) mass is 173 g/mol. The molecule has 0 saturated heterocycles. The molecule has 3 heteroatoms. The number of nitrogens with zero attached hydrogens (tertiary/aromatic N) is 1. The summed E-state index contributed by atoms with van der Waals surface area (Å²) in [6.07, 6.45) is 7.15. The normalized spacial score (nSPS) is 28.9. The summed E-state index contributed by atoms with van der Waals surface area (Å²) in [4.78, 5) is 4.79. The van der Waals surface area contributed by atoms with Crippen LogP contribution >= 0.6 is 11.8 Å². The number of thioether (sulfide) groups is 1. The molecule has 0 aromatic carbocycles. The second-order valence-electron chi connectivity index (χ2n) is 2.74. The third-order valence-electron chi connectivity index (χ3n) is 2.01. The van der Waals surface area contributed by atoms with Gasteiger partial charge >= 0.3 is 0 Å².